The average Bonchev–Trinajstić information content (AvgIpc) is 3.64. The SMILES string of the molecule is CC[C@H](NC(=O)[C@@H]1C[C@@](C)(NC(=O)Nc2ccccc2[N+](=O)[O-])c2ncc(NCc3cccc(C(F)(F)F)c3)c(=O)n21)B1OC2C3CC(C[C@]2(C)O1)C3(C)C. The van der Waals surface area contributed by atoms with E-state index in [1.807, 2.05) is 6.92 Å². The fraction of sp³-hybridized carbons (Fsp3) is 0.514. The smallest absolute Gasteiger partial charge is 0.404 e. The lowest BCUT2D eigenvalue weighted by Crippen LogP contribution is -2.63. The first-order valence-electron chi connectivity index (χ1n) is 18.3. The molecule has 3 aliphatic carbocycles. The molecule has 0 spiro atoms. The van der Waals surface area contributed by atoms with Crippen LogP contribution in [0.3, 0.4) is 0 Å². The predicted octanol–water partition coefficient (Wildman–Crippen LogP) is 5.93. The number of carbonyl (C=O) groups is 2. The van der Waals surface area contributed by atoms with Gasteiger partial charge in [0.1, 0.15) is 23.2 Å². The van der Waals surface area contributed by atoms with Crippen LogP contribution in [0.25, 0.3) is 0 Å². The van der Waals surface area contributed by atoms with Crippen LogP contribution in [0.1, 0.15) is 83.3 Å². The molecule has 8 rings (SSSR count). The lowest BCUT2D eigenvalue weighted by molar-refractivity contribution is -0.383. The summed E-state index contributed by atoms with van der Waals surface area (Å²) in [6.45, 7) is 9.86. The number of fused-ring (bicyclic) bond motifs is 1. The molecule has 0 radical (unpaired) electrons. The van der Waals surface area contributed by atoms with Gasteiger partial charge in [0, 0.05) is 19.0 Å². The Labute approximate surface area is 315 Å². The van der Waals surface area contributed by atoms with Gasteiger partial charge in [-0.05, 0) is 74.1 Å². The van der Waals surface area contributed by atoms with Crippen LogP contribution in [0.5, 0.6) is 0 Å². The molecule has 2 bridgehead atoms. The van der Waals surface area contributed by atoms with Gasteiger partial charge in [0.15, 0.2) is 0 Å². The number of aromatic nitrogens is 2. The zero-order valence-corrected chi connectivity index (χ0v) is 31.0. The molecule has 292 valence electrons. The lowest BCUT2D eigenvalue weighted by atomic mass is 9.45. The summed E-state index contributed by atoms with van der Waals surface area (Å²) >= 11 is 0. The Morgan fingerprint density at radius 1 is 1.11 bits per heavy atom. The number of nitro benzene ring substituents is 1. The number of nitro groups is 1. The van der Waals surface area contributed by atoms with Crippen molar-refractivity contribution in [2.24, 2.45) is 17.3 Å². The molecule has 55 heavy (non-hydrogen) atoms. The molecule has 3 unspecified atom stereocenters. The molecule has 4 fully saturated rings. The van der Waals surface area contributed by atoms with Crippen LogP contribution in [0, 0.1) is 27.4 Å². The van der Waals surface area contributed by atoms with Crippen LogP contribution >= 0.6 is 0 Å². The molecule has 3 amide bonds. The van der Waals surface area contributed by atoms with E-state index in [0.29, 0.717) is 18.3 Å². The number of urea groups is 1. The van der Waals surface area contributed by atoms with E-state index in [4.69, 9.17) is 9.31 Å². The van der Waals surface area contributed by atoms with Crippen molar-refractivity contribution in [3.8, 4) is 0 Å². The molecule has 14 nitrogen and oxygen atoms in total. The minimum Gasteiger partial charge on any atom is -0.404 e. The van der Waals surface area contributed by atoms with Gasteiger partial charge >= 0.3 is 19.3 Å². The predicted molar refractivity (Wildman–Crippen MR) is 196 cm³/mol. The fourth-order valence-electron chi connectivity index (χ4n) is 8.93. The van der Waals surface area contributed by atoms with E-state index in [9.17, 15) is 37.7 Å². The maximum Gasteiger partial charge on any atom is 0.481 e. The normalized spacial score (nSPS) is 28.0. The quantitative estimate of drug-likeness (QED) is 0.111. The average molecular weight is 766 g/mol. The number of alkyl halides is 3. The van der Waals surface area contributed by atoms with E-state index in [0.717, 1.165) is 29.5 Å². The number of nitrogens with zero attached hydrogens (tertiary/aromatic N) is 3. The van der Waals surface area contributed by atoms with E-state index < -0.39 is 64.4 Å². The lowest BCUT2D eigenvalue weighted by Gasteiger charge is -2.63. The summed E-state index contributed by atoms with van der Waals surface area (Å²) in [6, 6.07) is 8.18. The van der Waals surface area contributed by atoms with E-state index in [1.165, 1.54) is 42.6 Å². The molecule has 3 saturated carbocycles. The van der Waals surface area contributed by atoms with Gasteiger partial charge < -0.3 is 30.6 Å². The number of anilines is 2. The summed E-state index contributed by atoms with van der Waals surface area (Å²) in [4.78, 5) is 57.3. The maximum atomic E-state index is 14.3. The second-order valence-corrected chi connectivity index (χ2v) is 16.1. The van der Waals surface area contributed by atoms with Crippen LogP contribution in [0.2, 0.25) is 0 Å². The summed E-state index contributed by atoms with van der Waals surface area (Å²) in [5.41, 5.74) is -3.59. The Kier molecular flexibility index (Phi) is 9.51. The van der Waals surface area contributed by atoms with E-state index >= 15 is 0 Å². The molecule has 7 atom stereocenters. The highest BCUT2D eigenvalue weighted by Crippen LogP contribution is 2.64. The third-order valence-electron chi connectivity index (χ3n) is 12.1. The van der Waals surface area contributed by atoms with Crippen molar-refractivity contribution in [1.82, 2.24) is 20.2 Å². The van der Waals surface area contributed by atoms with E-state index in [1.54, 1.807) is 6.92 Å². The molecular formula is C37H43BF3N7O7. The summed E-state index contributed by atoms with van der Waals surface area (Å²) < 4.78 is 54.3. The number of para-hydroxylation sites is 2. The van der Waals surface area contributed by atoms with Crippen LogP contribution in [0.4, 0.5) is 35.0 Å². The first-order chi connectivity index (χ1) is 25.8. The Morgan fingerprint density at radius 3 is 2.55 bits per heavy atom. The monoisotopic (exact) mass is 765 g/mol. The van der Waals surface area contributed by atoms with Crippen molar-refractivity contribution in [3.63, 3.8) is 0 Å². The summed E-state index contributed by atoms with van der Waals surface area (Å²) in [5, 5.41) is 22.7. The first kappa shape index (κ1) is 38.3. The van der Waals surface area contributed by atoms with Crippen LogP contribution in [-0.2, 0) is 32.4 Å². The number of hydrogen-bond acceptors (Lipinski definition) is 9. The highest BCUT2D eigenvalue weighted by molar-refractivity contribution is 6.47. The van der Waals surface area contributed by atoms with E-state index in [-0.39, 0.29) is 52.9 Å². The van der Waals surface area contributed by atoms with Gasteiger partial charge in [-0.2, -0.15) is 13.2 Å². The van der Waals surface area contributed by atoms with Gasteiger partial charge in [0.25, 0.3) is 11.2 Å². The molecular weight excluding hydrogens is 722 g/mol. The summed E-state index contributed by atoms with van der Waals surface area (Å²) in [6.07, 6.45) is -1.29. The second-order valence-electron chi connectivity index (χ2n) is 16.1. The molecule has 3 heterocycles. The Balaban J connectivity index is 1.16. The molecule has 4 N–H and O–H groups in total. The fourth-order valence-corrected chi connectivity index (χ4v) is 8.93. The molecule has 2 aliphatic heterocycles. The Hall–Kier alpha value is -4.97. The van der Waals surface area contributed by atoms with Gasteiger partial charge in [-0.1, -0.05) is 45.0 Å². The largest absolute Gasteiger partial charge is 0.481 e. The van der Waals surface area contributed by atoms with Crippen molar-refractivity contribution in [2.45, 2.75) is 102 Å². The van der Waals surface area contributed by atoms with Crippen molar-refractivity contribution < 1.29 is 37.0 Å². The maximum absolute atomic E-state index is 14.3. The van der Waals surface area contributed by atoms with Gasteiger partial charge in [0.05, 0.1) is 39.9 Å². The number of halogens is 3. The van der Waals surface area contributed by atoms with Gasteiger partial charge in [-0.25, -0.2) is 9.78 Å². The second kappa shape index (κ2) is 13.7. The Bertz CT molecular complexity index is 2100. The van der Waals surface area contributed by atoms with Gasteiger partial charge in [-0.3, -0.25) is 24.3 Å². The number of benzene rings is 2. The van der Waals surface area contributed by atoms with E-state index in [2.05, 4.69) is 47.0 Å². The molecule has 1 saturated heterocycles. The third kappa shape index (κ3) is 6.83. The number of nitrogens with one attached hydrogen (secondary N) is 4. The van der Waals surface area contributed by atoms with Crippen LogP contribution in [-0.4, -0.2) is 51.2 Å². The highest BCUT2D eigenvalue weighted by atomic mass is 19.4. The number of hydrogen-bond donors (Lipinski definition) is 4. The minimum absolute atomic E-state index is 0.0296. The first-order valence-corrected chi connectivity index (χ1v) is 18.3. The standard InChI is InChI=1S/C37H43BF3N7O7/c1-6-28(38-54-29-23-15-22(34(23,2)3)16-36(29,5)55-38)45-30(49)27-17-35(4,46-33(51)44-24-12-7-8-13-26(24)48(52)53)32-43-19-25(31(50)47(27)32)42-18-20-10-9-11-21(14-20)37(39,40)41/h7-14,19,22-23,27-29,42H,6,15-18H2,1-5H3,(H,45,49)(H2,44,46,51)/t22?,23?,27-,28-,29?,35+,36-/m0/s1. The van der Waals surface area contributed by atoms with Gasteiger partial charge in [0.2, 0.25) is 5.91 Å². The van der Waals surface area contributed by atoms with Crippen molar-refractivity contribution in [1.29, 1.82) is 0 Å². The minimum atomic E-state index is -4.56. The van der Waals surface area contributed by atoms with Crippen LogP contribution in [0.15, 0.2) is 59.5 Å². The highest BCUT2D eigenvalue weighted by Gasteiger charge is 2.67. The van der Waals surface area contributed by atoms with Crippen LogP contribution < -0.4 is 26.8 Å². The number of amides is 3. The summed E-state index contributed by atoms with van der Waals surface area (Å²) in [7, 11) is -0.743. The zero-order valence-electron chi connectivity index (χ0n) is 31.0. The number of rotatable bonds is 10. The topological polar surface area (TPSA) is 179 Å². The number of carbonyl (C=O) groups excluding carboxylic acids is 2. The summed E-state index contributed by atoms with van der Waals surface area (Å²) in [5.74, 6) is -0.295. The zero-order chi connectivity index (χ0) is 39.7. The van der Waals surface area contributed by atoms with Crippen molar-refractivity contribution >= 4 is 36.1 Å². The molecule has 18 heteroatoms. The molecule has 5 aliphatic rings. The third-order valence-corrected chi connectivity index (χ3v) is 12.1. The Morgan fingerprint density at radius 2 is 1.85 bits per heavy atom. The van der Waals surface area contributed by atoms with Crippen molar-refractivity contribution in [3.05, 3.63) is 92.1 Å². The molecule has 2 aromatic carbocycles. The molecule has 3 aromatic rings. The molecule has 1 aromatic heterocycles. The van der Waals surface area contributed by atoms with Gasteiger partial charge in [-0.15, -0.1) is 0 Å². The van der Waals surface area contributed by atoms with Crippen molar-refractivity contribution in [2.75, 3.05) is 10.6 Å².